The average molecular weight is 365 g/mol. The molecule has 3 heterocycles. The Morgan fingerprint density at radius 2 is 2.04 bits per heavy atom. The SMILES string of the molecule is CC1Oc2ccc(-c3nc4ccc(N)cn4c3CN(C)C)cc2N(C)C1=O. The Kier molecular flexibility index (Phi) is 4.04. The molecular formula is C20H23N5O2. The van der Waals surface area contributed by atoms with Crippen LogP contribution in [0, 0.1) is 0 Å². The summed E-state index contributed by atoms with van der Waals surface area (Å²) < 4.78 is 7.76. The van der Waals surface area contributed by atoms with Crippen molar-refractivity contribution in [2.75, 3.05) is 31.8 Å². The number of likely N-dealkylation sites (N-methyl/N-ethyl adjacent to an activating group) is 1. The predicted octanol–water partition coefficient (Wildman–Crippen LogP) is 2.39. The number of nitrogen functional groups attached to an aromatic ring is 1. The number of nitrogens with zero attached hydrogens (tertiary/aromatic N) is 4. The van der Waals surface area contributed by atoms with Gasteiger partial charge in [-0.15, -0.1) is 0 Å². The first kappa shape index (κ1) is 17.4. The number of hydrogen-bond donors (Lipinski definition) is 1. The molecule has 2 N–H and O–H groups in total. The molecule has 3 aromatic rings. The number of amides is 1. The van der Waals surface area contributed by atoms with Gasteiger partial charge in [-0.2, -0.15) is 0 Å². The number of anilines is 2. The molecule has 7 nitrogen and oxygen atoms in total. The lowest BCUT2D eigenvalue weighted by Gasteiger charge is -2.30. The molecule has 1 aliphatic rings. The highest BCUT2D eigenvalue weighted by molar-refractivity contribution is 6.00. The number of carbonyl (C=O) groups is 1. The zero-order chi connectivity index (χ0) is 19.3. The number of benzene rings is 1. The summed E-state index contributed by atoms with van der Waals surface area (Å²) in [6.45, 7) is 2.47. The zero-order valence-corrected chi connectivity index (χ0v) is 15.9. The van der Waals surface area contributed by atoms with Gasteiger partial charge >= 0.3 is 0 Å². The minimum Gasteiger partial charge on any atom is -0.479 e. The van der Waals surface area contributed by atoms with E-state index in [1.54, 1.807) is 18.9 Å². The van der Waals surface area contributed by atoms with Crippen molar-refractivity contribution in [3.05, 3.63) is 42.2 Å². The fraction of sp³-hybridized carbons (Fsp3) is 0.300. The highest BCUT2D eigenvalue weighted by Gasteiger charge is 2.29. The first-order valence-corrected chi connectivity index (χ1v) is 8.85. The van der Waals surface area contributed by atoms with Crippen molar-refractivity contribution < 1.29 is 9.53 Å². The molecule has 0 fully saturated rings. The summed E-state index contributed by atoms with van der Waals surface area (Å²) in [7, 11) is 5.81. The van der Waals surface area contributed by atoms with E-state index in [9.17, 15) is 4.79 Å². The van der Waals surface area contributed by atoms with E-state index in [1.807, 2.05) is 55.0 Å². The Morgan fingerprint density at radius 1 is 1.26 bits per heavy atom. The largest absolute Gasteiger partial charge is 0.479 e. The van der Waals surface area contributed by atoms with Crippen LogP contribution < -0.4 is 15.4 Å². The van der Waals surface area contributed by atoms with Crippen molar-refractivity contribution in [1.82, 2.24) is 14.3 Å². The van der Waals surface area contributed by atoms with Crippen molar-refractivity contribution in [1.29, 1.82) is 0 Å². The fourth-order valence-electron chi connectivity index (χ4n) is 3.45. The van der Waals surface area contributed by atoms with Crippen LogP contribution >= 0.6 is 0 Å². The summed E-state index contributed by atoms with van der Waals surface area (Å²) in [4.78, 5) is 20.8. The van der Waals surface area contributed by atoms with Crippen molar-refractivity contribution in [3.8, 4) is 17.0 Å². The molecule has 0 bridgehead atoms. The van der Waals surface area contributed by atoms with E-state index in [4.69, 9.17) is 15.5 Å². The molecule has 140 valence electrons. The normalized spacial score (nSPS) is 16.7. The van der Waals surface area contributed by atoms with Gasteiger partial charge < -0.3 is 24.7 Å². The van der Waals surface area contributed by atoms with Gasteiger partial charge in [0.2, 0.25) is 0 Å². The van der Waals surface area contributed by atoms with Crippen LogP contribution in [0.4, 0.5) is 11.4 Å². The Bertz CT molecular complexity index is 1040. The molecule has 1 aliphatic heterocycles. The third-order valence-corrected chi connectivity index (χ3v) is 4.78. The van der Waals surface area contributed by atoms with E-state index < -0.39 is 6.10 Å². The molecule has 0 radical (unpaired) electrons. The minimum atomic E-state index is -0.476. The Labute approximate surface area is 158 Å². The first-order valence-electron chi connectivity index (χ1n) is 8.85. The lowest BCUT2D eigenvalue weighted by atomic mass is 10.1. The lowest BCUT2D eigenvalue weighted by molar-refractivity contribution is -0.125. The van der Waals surface area contributed by atoms with Crippen molar-refractivity contribution in [2.24, 2.45) is 0 Å². The van der Waals surface area contributed by atoms with Crippen molar-refractivity contribution in [3.63, 3.8) is 0 Å². The third kappa shape index (κ3) is 2.90. The van der Waals surface area contributed by atoms with E-state index >= 15 is 0 Å². The number of imidazole rings is 1. The second kappa shape index (κ2) is 6.28. The monoisotopic (exact) mass is 365 g/mol. The maximum absolute atomic E-state index is 12.3. The molecule has 4 rings (SSSR count). The van der Waals surface area contributed by atoms with Gasteiger partial charge in [0.1, 0.15) is 11.4 Å². The van der Waals surface area contributed by atoms with E-state index in [-0.39, 0.29) is 5.91 Å². The molecular weight excluding hydrogens is 342 g/mol. The van der Waals surface area contributed by atoms with E-state index in [0.29, 0.717) is 18.0 Å². The van der Waals surface area contributed by atoms with Crippen LogP contribution in [0.15, 0.2) is 36.5 Å². The summed E-state index contributed by atoms with van der Waals surface area (Å²) in [5, 5.41) is 0. The van der Waals surface area contributed by atoms with Crippen LogP contribution in [-0.4, -0.2) is 47.4 Å². The van der Waals surface area contributed by atoms with Crippen LogP contribution in [-0.2, 0) is 11.3 Å². The highest BCUT2D eigenvalue weighted by Crippen LogP contribution is 2.37. The molecule has 0 spiro atoms. The van der Waals surface area contributed by atoms with Crippen molar-refractivity contribution >= 4 is 22.9 Å². The topological polar surface area (TPSA) is 76.1 Å². The van der Waals surface area contributed by atoms with Gasteiger partial charge in [-0.25, -0.2) is 4.98 Å². The highest BCUT2D eigenvalue weighted by atomic mass is 16.5. The van der Waals surface area contributed by atoms with Gasteiger partial charge in [0, 0.05) is 31.0 Å². The quantitative estimate of drug-likeness (QED) is 0.771. The van der Waals surface area contributed by atoms with Crippen LogP contribution in [0.25, 0.3) is 16.9 Å². The van der Waals surface area contributed by atoms with Crippen LogP contribution in [0.5, 0.6) is 5.75 Å². The fourth-order valence-corrected chi connectivity index (χ4v) is 3.45. The maximum Gasteiger partial charge on any atom is 0.267 e. The number of carbonyl (C=O) groups excluding carboxylic acids is 1. The molecule has 27 heavy (non-hydrogen) atoms. The number of ether oxygens (including phenoxy) is 1. The first-order chi connectivity index (χ1) is 12.8. The number of rotatable bonds is 3. The smallest absolute Gasteiger partial charge is 0.267 e. The molecule has 1 atom stereocenters. The van der Waals surface area contributed by atoms with Gasteiger partial charge in [0.05, 0.1) is 17.1 Å². The van der Waals surface area contributed by atoms with Gasteiger partial charge in [-0.3, -0.25) is 4.79 Å². The second-order valence-electron chi connectivity index (χ2n) is 7.18. The molecule has 1 amide bonds. The third-order valence-electron chi connectivity index (χ3n) is 4.78. The maximum atomic E-state index is 12.3. The number of pyridine rings is 1. The van der Waals surface area contributed by atoms with E-state index in [0.717, 1.165) is 28.3 Å². The van der Waals surface area contributed by atoms with Gasteiger partial charge in [-0.05, 0) is 51.4 Å². The molecule has 7 heteroatoms. The summed E-state index contributed by atoms with van der Waals surface area (Å²) in [5.41, 5.74) is 11.1. The Hall–Kier alpha value is -3.06. The molecule has 0 saturated heterocycles. The van der Waals surface area contributed by atoms with Crippen LogP contribution in [0.2, 0.25) is 0 Å². The summed E-state index contributed by atoms with van der Waals surface area (Å²) in [6, 6.07) is 9.61. The standard InChI is InChI=1S/C20H23N5O2/c1-12-20(26)24(4)15-9-13(5-7-17(15)27-12)19-16(11-23(2)3)25-10-14(21)6-8-18(25)22-19/h5-10,12H,11,21H2,1-4H3. The zero-order valence-electron chi connectivity index (χ0n) is 15.9. The van der Waals surface area contributed by atoms with Gasteiger partial charge in [0.25, 0.3) is 5.91 Å². The second-order valence-corrected chi connectivity index (χ2v) is 7.18. The molecule has 1 aromatic carbocycles. The average Bonchev–Trinajstić information content (AvgIpc) is 2.97. The number of fused-ring (bicyclic) bond motifs is 2. The summed E-state index contributed by atoms with van der Waals surface area (Å²) in [5.74, 6) is 0.645. The number of hydrogen-bond acceptors (Lipinski definition) is 5. The summed E-state index contributed by atoms with van der Waals surface area (Å²) >= 11 is 0. The Morgan fingerprint density at radius 3 is 2.78 bits per heavy atom. The van der Waals surface area contributed by atoms with Gasteiger partial charge in [-0.1, -0.05) is 0 Å². The van der Waals surface area contributed by atoms with Crippen LogP contribution in [0.1, 0.15) is 12.6 Å². The number of aromatic nitrogens is 2. The van der Waals surface area contributed by atoms with E-state index in [1.165, 1.54) is 0 Å². The Balaban J connectivity index is 1.89. The molecule has 2 aromatic heterocycles. The number of nitrogens with two attached hydrogens (primary N) is 1. The summed E-state index contributed by atoms with van der Waals surface area (Å²) in [6.07, 6.45) is 1.42. The lowest BCUT2D eigenvalue weighted by Crippen LogP contribution is -2.41. The molecule has 0 aliphatic carbocycles. The van der Waals surface area contributed by atoms with E-state index in [2.05, 4.69) is 4.90 Å². The van der Waals surface area contributed by atoms with Crippen LogP contribution in [0.3, 0.4) is 0 Å². The molecule has 0 saturated carbocycles. The predicted molar refractivity (Wildman–Crippen MR) is 106 cm³/mol. The minimum absolute atomic E-state index is 0.0593. The molecule has 1 unspecified atom stereocenters. The van der Waals surface area contributed by atoms with Crippen molar-refractivity contribution in [2.45, 2.75) is 19.6 Å². The van der Waals surface area contributed by atoms with Gasteiger partial charge in [0.15, 0.2) is 6.10 Å².